The Kier molecular flexibility index (Phi) is 6.74. The molecule has 3 aromatic carbocycles. The molecule has 0 aliphatic heterocycles. The Balaban J connectivity index is 1.63. The Hall–Kier alpha value is -4.18. The molecule has 0 saturated carbocycles. The van der Waals surface area contributed by atoms with Crippen molar-refractivity contribution in [2.75, 3.05) is 7.11 Å². The van der Waals surface area contributed by atoms with Crippen LogP contribution in [0.4, 0.5) is 4.39 Å². The van der Waals surface area contributed by atoms with Crippen molar-refractivity contribution in [2.45, 2.75) is 6.61 Å². The number of halogens is 1. The molecule has 0 heterocycles. The first-order valence-corrected chi connectivity index (χ1v) is 8.98. The standard InChI is InChI=1S/C23H18FN3O3/c1-29-22-12-17(8-11-21(22)30-15-19-4-2-3-5-20(19)24)14-26-27-23(28)18-9-6-16(13-25)7-10-18/h2-12,14H,15H2,1H3,(H,27,28). The lowest BCUT2D eigenvalue weighted by molar-refractivity contribution is 0.0955. The van der Waals surface area contributed by atoms with Crippen LogP contribution in [0.3, 0.4) is 0 Å². The molecule has 6 nitrogen and oxygen atoms in total. The molecule has 150 valence electrons. The Morgan fingerprint density at radius 3 is 2.60 bits per heavy atom. The number of nitrogens with one attached hydrogen (secondary N) is 1. The fraction of sp³-hybridized carbons (Fsp3) is 0.0870. The van der Waals surface area contributed by atoms with Crippen LogP contribution in [-0.2, 0) is 6.61 Å². The summed E-state index contributed by atoms with van der Waals surface area (Å²) in [6, 6.07) is 19.7. The summed E-state index contributed by atoms with van der Waals surface area (Å²) in [6.45, 7) is 0.0666. The van der Waals surface area contributed by atoms with E-state index in [1.807, 2.05) is 6.07 Å². The number of benzene rings is 3. The SMILES string of the molecule is COc1cc(C=NNC(=O)c2ccc(C#N)cc2)ccc1OCc1ccccc1F. The highest BCUT2D eigenvalue weighted by molar-refractivity contribution is 5.95. The van der Waals surface area contributed by atoms with Crippen LogP contribution in [0, 0.1) is 17.1 Å². The molecular weight excluding hydrogens is 385 g/mol. The minimum Gasteiger partial charge on any atom is -0.493 e. The largest absolute Gasteiger partial charge is 0.493 e. The summed E-state index contributed by atoms with van der Waals surface area (Å²) in [5, 5.41) is 12.7. The molecule has 3 rings (SSSR count). The van der Waals surface area contributed by atoms with Gasteiger partial charge in [0.2, 0.25) is 0 Å². The molecule has 30 heavy (non-hydrogen) atoms. The molecule has 0 fully saturated rings. The zero-order valence-corrected chi connectivity index (χ0v) is 16.1. The van der Waals surface area contributed by atoms with E-state index in [4.69, 9.17) is 14.7 Å². The first-order chi connectivity index (χ1) is 14.6. The average molecular weight is 403 g/mol. The number of nitriles is 1. The molecule has 1 N–H and O–H groups in total. The van der Waals surface area contributed by atoms with Crippen LogP contribution < -0.4 is 14.9 Å². The van der Waals surface area contributed by atoms with E-state index in [1.54, 1.807) is 60.7 Å². The van der Waals surface area contributed by atoms with Crippen molar-refractivity contribution < 1.29 is 18.7 Å². The van der Waals surface area contributed by atoms with Crippen LogP contribution >= 0.6 is 0 Å². The van der Waals surface area contributed by atoms with E-state index in [0.29, 0.717) is 33.8 Å². The highest BCUT2D eigenvalue weighted by Crippen LogP contribution is 2.28. The summed E-state index contributed by atoms with van der Waals surface area (Å²) in [5.41, 5.74) is 4.40. The molecule has 0 radical (unpaired) electrons. The van der Waals surface area contributed by atoms with E-state index in [2.05, 4.69) is 10.5 Å². The normalized spacial score (nSPS) is 10.4. The zero-order chi connectivity index (χ0) is 21.3. The molecule has 3 aromatic rings. The second-order valence-corrected chi connectivity index (χ2v) is 6.18. The van der Waals surface area contributed by atoms with Crippen molar-refractivity contribution in [3.63, 3.8) is 0 Å². The third kappa shape index (κ3) is 5.20. The van der Waals surface area contributed by atoms with Crippen molar-refractivity contribution in [1.29, 1.82) is 5.26 Å². The molecule has 0 spiro atoms. The smallest absolute Gasteiger partial charge is 0.271 e. The van der Waals surface area contributed by atoms with Crippen LogP contribution in [0.25, 0.3) is 0 Å². The molecule has 7 heteroatoms. The third-order valence-electron chi connectivity index (χ3n) is 4.18. The summed E-state index contributed by atoms with van der Waals surface area (Å²) in [6.07, 6.45) is 1.46. The van der Waals surface area contributed by atoms with Crippen molar-refractivity contribution in [3.8, 4) is 17.6 Å². The third-order valence-corrected chi connectivity index (χ3v) is 4.18. The quantitative estimate of drug-likeness (QED) is 0.477. The van der Waals surface area contributed by atoms with E-state index in [-0.39, 0.29) is 12.4 Å². The second-order valence-electron chi connectivity index (χ2n) is 6.18. The van der Waals surface area contributed by atoms with Gasteiger partial charge in [0.15, 0.2) is 11.5 Å². The fourth-order valence-electron chi connectivity index (χ4n) is 2.58. The van der Waals surface area contributed by atoms with Gasteiger partial charge in [-0.3, -0.25) is 4.79 Å². The summed E-state index contributed by atoms with van der Waals surface area (Å²) in [5.74, 6) is 0.180. The first-order valence-electron chi connectivity index (χ1n) is 8.98. The number of methoxy groups -OCH3 is 1. The first kappa shape index (κ1) is 20.6. The molecule has 0 bridgehead atoms. The molecule has 1 amide bonds. The van der Waals surface area contributed by atoms with E-state index < -0.39 is 5.91 Å². The van der Waals surface area contributed by atoms with E-state index >= 15 is 0 Å². The maximum Gasteiger partial charge on any atom is 0.271 e. The zero-order valence-electron chi connectivity index (χ0n) is 16.1. The van der Waals surface area contributed by atoms with Gasteiger partial charge in [0.1, 0.15) is 12.4 Å². The van der Waals surface area contributed by atoms with Crippen LogP contribution in [0.1, 0.15) is 27.0 Å². The van der Waals surface area contributed by atoms with Gasteiger partial charge in [0, 0.05) is 11.1 Å². The second kappa shape index (κ2) is 9.85. The number of carbonyl (C=O) groups excluding carboxylic acids is 1. The van der Waals surface area contributed by atoms with Gasteiger partial charge in [-0.1, -0.05) is 18.2 Å². The Labute approximate surface area is 173 Å². The van der Waals surface area contributed by atoms with Gasteiger partial charge in [-0.15, -0.1) is 0 Å². The van der Waals surface area contributed by atoms with Crippen LogP contribution in [-0.4, -0.2) is 19.2 Å². The number of ether oxygens (including phenoxy) is 2. The van der Waals surface area contributed by atoms with Crippen molar-refractivity contribution in [1.82, 2.24) is 5.43 Å². The molecular formula is C23H18FN3O3. The van der Waals surface area contributed by atoms with E-state index in [9.17, 15) is 9.18 Å². The lowest BCUT2D eigenvalue weighted by Gasteiger charge is -2.11. The van der Waals surface area contributed by atoms with Gasteiger partial charge >= 0.3 is 0 Å². The molecule has 0 atom stereocenters. The van der Waals surface area contributed by atoms with Crippen LogP contribution in [0.15, 0.2) is 71.8 Å². The molecule has 0 aliphatic rings. The number of hydrogen-bond donors (Lipinski definition) is 1. The Morgan fingerprint density at radius 1 is 1.13 bits per heavy atom. The van der Waals surface area contributed by atoms with Crippen molar-refractivity contribution >= 4 is 12.1 Å². The summed E-state index contributed by atoms with van der Waals surface area (Å²) in [7, 11) is 1.50. The molecule has 0 aliphatic carbocycles. The highest BCUT2D eigenvalue weighted by atomic mass is 19.1. The van der Waals surface area contributed by atoms with E-state index in [0.717, 1.165) is 0 Å². The number of hydrazone groups is 1. The predicted molar refractivity (Wildman–Crippen MR) is 110 cm³/mol. The predicted octanol–water partition coefficient (Wildman–Crippen LogP) is 4.05. The number of hydrogen-bond acceptors (Lipinski definition) is 5. The average Bonchev–Trinajstić information content (AvgIpc) is 2.79. The minimum atomic E-state index is -0.396. The van der Waals surface area contributed by atoms with Gasteiger partial charge in [-0.2, -0.15) is 10.4 Å². The number of rotatable bonds is 7. The maximum atomic E-state index is 13.7. The molecule has 0 aromatic heterocycles. The molecule has 0 unspecified atom stereocenters. The lowest BCUT2D eigenvalue weighted by atomic mass is 10.1. The van der Waals surface area contributed by atoms with Crippen molar-refractivity contribution in [3.05, 3.63) is 94.8 Å². The Bertz CT molecular complexity index is 1110. The maximum absolute atomic E-state index is 13.7. The minimum absolute atomic E-state index is 0.0666. The van der Waals surface area contributed by atoms with Crippen LogP contribution in [0.2, 0.25) is 0 Å². The fourth-order valence-corrected chi connectivity index (χ4v) is 2.58. The summed E-state index contributed by atoms with van der Waals surface area (Å²) < 4.78 is 24.7. The van der Waals surface area contributed by atoms with Crippen LogP contribution in [0.5, 0.6) is 11.5 Å². The number of nitrogens with zero attached hydrogens (tertiary/aromatic N) is 2. The number of carbonyl (C=O) groups is 1. The van der Waals surface area contributed by atoms with Gasteiger partial charge in [-0.05, 0) is 54.1 Å². The Morgan fingerprint density at radius 2 is 1.90 bits per heavy atom. The summed E-state index contributed by atoms with van der Waals surface area (Å²) in [4.78, 5) is 12.1. The topological polar surface area (TPSA) is 83.7 Å². The molecule has 0 saturated heterocycles. The monoisotopic (exact) mass is 403 g/mol. The summed E-state index contributed by atoms with van der Waals surface area (Å²) >= 11 is 0. The van der Waals surface area contributed by atoms with Gasteiger partial charge in [-0.25, -0.2) is 9.82 Å². The lowest BCUT2D eigenvalue weighted by Crippen LogP contribution is -2.17. The highest BCUT2D eigenvalue weighted by Gasteiger charge is 2.08. The van der Waals surface area contributed by atoms with E-state index in [1.165, 1.54) is 19.4 Å². The number of amides is 1. The van der Waals surface area contributed by atoms with Crippen molar-refractivity contribution in [2.24, 2.45) is 5.10 Å². The van der Waals surface area contributed by atoms with Gasteiger partial charge in [0.05, 0.1) is 25.0 Å². The van der Waals surface area contributed by atoms with Gasteiger partial charge in [0.25, 0.3) is 5.91 Å². The van der Waals surface area contributed by atoms with Gasteiger partial charge < -0.3 is 9.47 Å².